The maximum atomic E-state index is 10.9. The van der Waals surface area contributed by atoms with E-state index in [1.807, 2.05) is 18.3 Å². The first-order valence-corrected chi connectivity index (χ1v) is 6.08. The number of rotatable bonds is 4. The highest BCUT2D eigenvalue weighted by molar-refractivity contribution is 5.67. The van der Waals surface area contributed by atoms with E-state index < -0.39 is 5.97 Å². The van der Waals surface area contributed by atoms with Crippen molar-refractivity contribution in [2.75, 3.05) is 13.1 Å². The number of likely N-dealkylation sites (tertiary alicyclic amines) is 1. The van der Waals surface area contributed by atoms with Crippen LogP contribution in [0.3, 0.4) is 0 Å². The van der Waals surface area contributed by atoms with Crippen molar-refractivity contribution in [1.29, 1.82) is 0 Å². The summed E-state index contributed by atoms with van der Waals surface area (Å²) in [5, 5.41) is 8.96. The minimum Gasteiger partial charge on any atom is -0.481 e. The number of carbonyl (C=O) groups is 1. The van der Waals surface area contributed by atoms with Gasteiger partial charge in [-0.15, -0.1) is 0 Å². The molecule has 1 saturated heterocycles. The zero-order valence-electron chi connectivity index (χ0n) is 10.0. The van der Waals surface area contributed by atoms with E-state index in [2.05, 4.69) is 16.8 Å². The summed E-state index contributed by atoms with van der Waals surface area (Å²) in [5.74, 6) is -0.501. The summed E-state index contributed by atoms with van der Waals surface area (Å²) < 4.78 is 0. The minimum atomic E-state index is -0.707. The lowest BCUT2D eigenvalue weighted by Crippen LogP contribution is -2.26. The summed E-state index contributed by atoms with van der Waals surface area (Å²) in [7, 11) is 0. The van der Waals surface area contributed by atoms with Gasteiger partial charge >= 0.3 is 5.97 Å². The summed E-state index contributed by atoms with van der Waals surface area (Å²) in [6, 6.07) is 4.17. The Morgan fingerprint density at radius 3 is 3.06 bits per heavy atom. The summed E-state index contributed by atoms with van der Waals surface area (Å²) in [5.41, 5.74) is 1.14. The van der Waals surface area contributed by atoms with Crippen molar-refractivity contribution in [3.63, 3.8) is 0 Å². The van der Waals surface area contributed by atoms with E-state index in [4.69, 9.17) is 5.11 Å². The molecule has 0 aliphatic carbocycles. The Labute approximate surface area is 101 Å². The minimum absolute atomic E-state index is 0.205. The van der Waals surface area contributed by atoms with Crippen molar-refractivity contribution >= 4 is 5.97 Å². The van der Waals surface area contributed by atoms with Crippen LogP contribution in [0.4, 0.5) is 0 Å². The molecular weight excluding hydrogens is 216 g/mol. The van der Waals surface area contributed by atoms with Gasteiger partial charge in [-0.2, -0.15) is 0 Å². The molecule has 4 nitrogen and oxygen atoms in total. The van der Waals surface area contributed by atoms with Crippen molar-refractivity contribution in [2.24, 2.45) is 5.92 Å². The topological polar surface area (TPSA) is 53.4 Å². The van der Waals surface area contributed by atoms with Crippen molar-refractivity contribution < 1.29 is 9.90 Å². The number of aliphatic carboxylic acids is 1. The Kier molecular flexibility index (Phi) is 3.74. The third-order valence-corrected chi connectivity index (χ3v) is 3.50. The second kappa shape index (κ2) is 5.27. The predicted octanol–water partition coefficient (Wildman–Crippen LogP) is 1.94. The number of hydrogen-bond donors (Lipinski definition) is 1. The molecule has 2 rings (SSSR count). The van der Waals surface area contributed by atoms with E-state index in [1.54, 1.807) is 6.20 Å². The number of carboxylic acids is 1. The second-order valence-electron chi connectivity index (χ2n) is 4.51. The number of hydrogen-bond acceptors (Lipinski definition) is 3. The molecule has 1 aromatic heterocycles. The van der Waals surface area contributed by atoms with Crippen LogP contribution in [0.2, 0.25) is 0 Å². The van der Waals surface area contributed by atoms with Gasteiger partial charge in [0.2, 0.25) is 0 Å². The molecule has 2 atom stereocenters. The normalized spacial score (nSPS) is 25.0. The third-order valence-electron chi connectivity index (χ3n) is 3.50. The van der Waals surface area contributed by atoms with Gasteiger partial charge in [-0.3, -0.25) is 14.7 Å². The zero-order chi connectivity index (χ0) is 12.3. The van der Waals surface area contributed by atoms with E-state index in [9.17, 15) is 4.79 Å². The summed E-state index contributed by atoms with van der Waals surface area (Å²) >= 11 is 0. The molecule has 0 radical (unpaired) electrons. The monoisotopic (exact) mass is 234 g/mol. The molecule has 0 spiro atoms. The van der Waals surface area contributed by atoms with Crippen LogP contribution in [-0.4, -0.2) is 34.0 Å². The van der Waals surface area contributed by atoms with E-state index in [-0.39, 0.29) is 18.4 Å². The fourth-order valence-electron chi connectivity index (χ4n) is 2.75. The fourth-order valence-corrected chi connectivity index (χ4v) is 2.75. The highest BCUT2D eigenvalue weighted by Crippen LogP contribution is 2.38. The lowest BCUT2D eigenvalue weighted by Gasteiger charge is -2.26. The van der Waals surface area contributed by atoms with Crippen LogP contribution in [0, 0.1) is 5.92 Å². The zero-order valence-corrected chi connectivity index (χ0v) is 10.0. The summed E-state index contributed by atoms with van der Waals surface area (Å²) in [6.07, 6.45) is 4.81. The third kappa shape index (κ3) is 2.64. The molecule has 1 N–H and O–H groups in total. The molecule has 1 aromatic rings. The molecule has 4 heteroatoms. The Hall–Kier alpha value is -1.42. The standard InChI is InChI=1S/C13H18N2O2/c1-2-15-7-5-10(8-12(16)17)13(15)11-4-3-6-14-9-11/h3-4,6,9-10,13H,2,5,7-8H2,1H3,(H,16,17)/t10-,13+/m1/s1. The maximum Gasteiger partial charge on any atom is 0.303 e. The molecule has 0 bridgehead atoms. The number of carboxylic acid groups (broad SMARTS) is 1. The molecule has 1 fully saturated rings. The average molecular weight is 234 g/mol. The van der Waals surface area contributed by atoms with Gasteiger partial charge in [-0.1, -0.05) is 13.0 Å². The van der Waals surface area contributed by atoms with Gasteiger partial charge in [0, 0.05) is 18.4 Å². The summed E-state index contributed by atoms with van der Waals surface area (Å²) in [6.45, 7) is 4.05. The van der Waals surface area contributed by atoms with Gasteiger partial charge in [-0.05, 0) is 37.1 Å². The van der Waals surface area contributed by atoms with Crippen LogP contribution >= 0.6 is 0 Å². The first-order valence-electron chi connectivity index (χ1n) is 6.08. The molecule has 1 aliphatic heterocycles. The van der Waals surface area contributed by atoms with Crippen molar-refractivity contribution in [3.8, 4) is 0 Å². The predicted molar refractivity (Wildman–Crippen MR) is 64.6 cm³/mol. The Bertz CT molecular complexity index is 380. The van der Waals surface area contributed by atoms with Gasteiger partial charge in [0.15, 0.2) is 0 Å². The molecule has 2 heterocycles. The van der Waals surface area contributed by atoms with E-state index in [1.165, 1.54) is 0 Å². The highest BCUT2D eigenvalue weighted by Gasteiger charge is 2.35. The molecule has 1 aliphatic rings. The van der Waals surface area contributed by atoms with E-state index >= 15 is 0 Å². The number of nitrogens with zero attached hydrogens (tertiary/aromatic N) is 2. The smallest absolute Gasteiger partial charge is 0.303 e. The Balaban J connectivity index is 2.21. The van der Waals surface area contributed by atoms with E-state index in [0.29, 0.717) is 0 Å². The second-order valence-corrected chi connectivity index (χ2v) is 4.51. The molecule has 0 unspecified atom stereocenters. The average Bonchev–Trinajstić information content (AvgIpc) is 2.72. The molecule has 0 amide bonds. The van der Waals surface area contributed by atoms with E-state index in [0.717, 1.165) is 25.1 Å². The van der Waals surface area contributed by atoms with Gasteiger partial charge in [0.25, 0.3) is 0 Å². The summed E-state index contributed by atoms with van der Waals surface area (Å²) in [4.78, 5) is 17.4. The molecule has 0 aromatic carbocycles. The van der Waals surface area contributed by atoms with Crippen LogP contribution < -0.4 is 0 Å². The van der Waals surface area contributed by atoms with Gasteiger partial charge in [0.1, 0.15) is 0 Å². The quantitative estimate of drug-likeness (QED) is 0.865. The molecule has 92 valence electrons. The van der Waals surface area contributed by atoms with Gasteiger partial charge in [0.05, 0.1) is 6.42 Å². The van der Waals surface area contributed by atoms with Crippen molar-refractivity contribution in [3.05, 3.63) is 30.1 Å². The first-order chi connectivity index (χ1) is 8.22. The van der Waals surface area contributed by atoms with Crippen molar-refractivity contribution in [2.45, 2.75) is 25.8 Å². The first kappa shape index (κ1) is 12.0. The van der Waals surface area contributed by atoms with Gasteiger partial charge < -0.3 is 5.11 Å². The molecule has 17 heavy (non-hydrogen) atoms. The SMILES string of the molecule is CCN1CC[C@H](CC(=O)O)[C@H]1c1cccnc1. The van der Waals surface area contributed by atoms with Crippen LogP contribution in [0.15, 0.2) is 24.5 Å². The van der Waals surface area contributed by atoms with Crippen LogP contribution in [0.1, 0.15) is 31.4 Å². The Morgan fingerprint density at radius 1 is 1.65 bits per heavy atom. The largest absolute Gasteiger partial charge is 0.481 e. The van der Waals surface area contributed by atoms with Crippen LogP contribution in [0.25, 0.3) is 0 Å². The molecule has 0 saturated carbocycles. The van der Waals surface area contributed by atoms with Crippen molar-refractivity contribution in [1.82, 2.24) is 9.88 Å². The lowest BCUT2D eigenvalue weighted by molar-refractivity contribution is -0.138. The molecular formula is C13H18N2O2. The fraction of sp³-hybridized carbons (Fsp3) is 0.538. The number of aromatic nitrogens is 1. The van der Waals surface area contributed by atoms with Gasteiger partial charge in [-0.25, -0.2) is 0 Å². The Morgan fingerprint density at radius 2 is 2.47 bits per heavy atom. The highest BCUT2D eigenvalue weighted by atomic mass is 16.4. The number of pyridine rings is 1. The van der Waals surface area contributed by atoms with Crippen LogP contribution in [0.5, 0.6) is 0 Å². The maximum absolute atomic E-state index is 10.9. The van der Waals surface area contributed by atoms with Crippen LogP contribution in [-0.2, 0) is 4.79 Å². The lowest BCUT2D eigenvalue weighted by atomic mass is 9.92.